The second-order valence-electron chi connectivity index (χ2n) is 6.73. The minimum absolute atomic E-state index is 0.127. The number of hydrogen-bond acceptors (Lipinski definition) is 3. The molecule has 0 heterocycles. The maximum atomic E-state index is 11.0. The van der Waals surface area contributed by atoms with Crippen molar-refractivity contribution in [3.05, 3.63) is 75.8 Å². The first-order chi connectivity index (χ1) is 12.6. The predicted octanol–water partition coefficient (Wildman–Crippen LogP) is 6.01. The van der Waals surface area contributed by atoms with Gasteiger partial charge in [-0.05, 0) is 23.5 Å². The van der Waals surface area contributed by atoms with Crippen molar-refractivity contribution in [3.8, 4) is 0 Å². The van der Waals surface area contributed by atoms with Crippen LogP contribution in [0.1, 0.15) is 57.1 Å². The summed E-state index contributed by atoms with van der Waals surface area (Å²) in [7, 11) is 0. The first-order valence-corrected chi connectivity index (χ1v) is 9.42. The number of aliphatic imine (C=N–C) groups is 1. The largest absolute Gasteiger partial charge is 0.288 e. The summed E-state index contributed by atoms with van der Waals surface area (Å²) in [6, 6.07) is 17.3. The topological polar surface area (TPSA) is 55.5 Å². The van der Waals surface area contributed by atoms with Crippen LogP contribution in [0, 0.1) is 16.0 Å². The van der Waals surface area contributed by atoms with Crippen molar-refractivity contribution < 1.29 is 4.92 Å². The van der Waals surface area contributed by atoms with Gasteiger partial charge in [-0.3, -0.25) is 15.1 Å². The highest BCUT2D eigenvalue weighted by Crippen LogP contribution is 2.33. The van der Waals surface area contributed by atoms with Gasteiger partial charge in [0.1, 0.15) is 0 Å². The lowest BCUT2D eigenvalue weighted by Gasteiger charge is -2.26. The molecule has 2 atom stereocenters. The summed E-state index contributed by atoms with van der Waals surface area (Å²) in [5.41, 5.74) is 3.44. The van der Waals surface area contributed by atoms with E-state index in [4.69, 9.17) is 4.99 Å². The number of non-ortho nitro benzene ring substituents is 1. The first kappa shape index (κ1) is 19.8. The van der Waals surface area contributed by atoms with Crippen LogP contribution in [0.2, 0.25) is 0 Å². The van der Waals surface area contributed by atoms with Crippen LogP contribution in [0.5, 0.6) is 0 Å². The highest BCUT2D eigenvalue weighted by Gasteiger charge is 2.26. The average Bonchev–Trinajstić information content (AvgIpc) is 2.66. The van der Waals surface area contributed by atoms with Crippen LogP contribution < -0.4 is 0 Å². The van der Waals surface area contributed by atoms with Crippen LogP contribution in [-0.2, 0) is 0 Å². The SMILES string of the molecule is CCCN=C(c1ccccc1)C(c1ccc([N+](=O)[O-])cc1)C(C)CCC. The normalized spacial score (nSPS) is 14.0. The number of nitro benzene ring substituents is 1. The van der Waals surface area contributed by atoms with E-state index in [2.05, 4.69) is 32.9 Å². The third kappa shape index (κ3) is 5.01. The molecule has 0 N–H and O–H groups in total. The van der Waals surface area contributed by atoms with Gasteiger partial charge in [-0.25, -0.2) is 0 Å². The van der Waals surface area contributed by atoms with Crippen molar-refractivity contribution in [3.63, 3.8) is 0 Å². The Balaban J connectivity index is 2.51. The second kappa shape index (κ2) is 9.85. The second-order valence-corrected chi connectivity index (χ2v) is 6.73. The average molecular weight is 352 g/mol. The number of hydrogen-bond donors (Lipinski definition) is 0. The molecule has 0 aromatic heterocycles. The molecule has 0 saturated heterocycles. The fourth-order valence-corrected chi connectivity index (χ4v) is 3.39. The molecule has 4 heteroatoms. The van der Waals surface area contributed by atoms with E-state index in [1.165, 1.54) is 0 Å². The van der Waals surface area contributed by atoms with Gasteiger partial charge in [0.25, 0.3) is 5.69 Å². The van der Waals surface area contributed by atoms with Crippen LogP contribution in [0.25, 0.3) is 0 Å². The minimum Gasteiger partial charge on any atom is -0.288 e. The van der Waals surface area contributed by atoms with Crippen LogP contribution >= 0.6 is 0 Å². The Kier molecular flexibility index (Phi) is 7.52. The van der Waals surface area contributed by atoms with Crippen molar-refractivity contribution in [2.24, 2.45) is 10.9 Å². The Morgan fingerprint density at radius 2 is 1.69 bits per heavy atom. The molecule has 26 heavy (non-hydrogen) atoms. The standard InChI is InChI=1S/C22H28N2O2/c1-4-9-17(3)21(18-12-14-20(15-13-18)24(25)26)22(23-16-5-2)19-10-7-6-8-11-19/h6-8,10-15,17,21H,4-5,9,16H2,1-3H3. The lowest BCUT2D eigenvalue weighted by Crippen LogP contribution is -2.22. The van der Waals surface area contributed by atoms with Gasteiger partial charge in [-0.1, -0.05) is 76.1 Å². The Bertz CT molecular complexity index is 724. The summed E-state index contributed by atoms with van der Waals surface area (Å²) < 4.78 is 0. The Hall–Kier alpha value is -2.49. The molecule has 0 aliphatic carbocycles. The Labute approximate surface area is 156 Å². The molecule has 0 spiro atoms. The van der Waals surface area contributed by atoms with E-state index in [0.717, 1.165) is 42.6 Å². The molecule has 2 aromatic carbocycles. The van der Waals surface area contributed by atoms with Crippen molar-refractivity contribution >= 4 is 11.4 Å². The van der Waals surface area contributed by atoms with E-state index in [1.54, 1.807) is 12.1 Å². The van der Waals surface area contributed by atoms with Crippen LogP contribution in [0.15, 0.2) is 59.6 Å². The summed E-state index contributed by atoms with van der Waals surface area (Å²) in [5.74, 6) is 0.530. The van der Waals surface area contributed by atoms with Crippen LogP contribution in [-0.4, -0.2) is 17.2 Å². The summed E-state index contributed by atoms with van der Waals surface area (Å²) in [6.07, 6.45) is 3.17. The van der Waals surface area contributed by atoms with E-state index in [9.17, 15) is 10.1 Å². The third-order valence-electron chi connectivity index (χ3n) is 4.65. The quantitative estimate of drug-likeness (QED) is 0.315. The molecule has 0 bridgehead atoms. The first-order valence-electron chi connectivity index (χ1n) is 9.42. The third-order valence-corrected chi connectivity index (χ3v) is 4.65. The summed E-state index contributed by atoms with van der Waals surface area (Å²) >= 11 is 0. The van der Waals surface area contributed by atoms with Crippen molar-refractivity contribution in [2.75, 3.05) is 6.54 Å². The molecular weight excluding hydrogens is 324 g/mol. The van der Waals surface area contributed by atoms with Crippen LogP contribution in [0.3, 0.4) is 0 Å². The van der Waals surface area contributed by atoms with Gasteiger partial charge in [0.2, 0.25) is 0 Å². The molecule has 0 amide bonds. The molecule has 2 aromatic rings. The Morgan fingerprint density at radius 1 is 1.04 bits per heavy atom. The fraction of sp³-hybridized carbons (Fsp3) is 0.409. The van der Waals surface area contributed by atoms with Crippen molar-refractivity contribution in [1.29, 1.82) is 0 Å². The van der Waals surface area contributed by atoms with Gasteiger partial charge >= 0.3 is 0 Å². The number of nitrogens with zero attached hydrogens (tertiary/aromatic N) is 2. The smallest absolute Gasteiger partial charge is 0.269 e. The maximum absolute atomic E-state index is 11.0. The Morgan fingerprint density at radius 3 is 2.23 bits per heavy atom. The summed E-state index contributed by atoms with van der Waals surface area (Å²) in [4.78, 5) is 15.6. The van der Waals surface area contributed by atoms with Crippen LogP contribution in [0.4, 0.5) is 5.69 Å². The number of nitro groups is 1. The highest BCUT2D eigenvalue weighted by molar-refractivity contribution is 6.05. The molecule has 138 valence electrons. The van der Waals surface area contributed by atoms with E-state index < -0.39 is 0 Å². The van der Waals surface area contributed by atoms with Gasteiger partial charge in [0.15, 0.2) is 0 Å². The summed E-state index contributed by atoms with van der Waals surface area (Å²) in [6.45, 7) is 7.35. The van der Waals surface area contributed by atoms with E-state index in [1.807, 2.05) is 30.3 Å². The molecule has 2 unspecified atom stereocenters. The highest BCUT2D eigenvalue weighted by atomic mass is 16.6. The van der Waals surface area contributed by atoms with Gasteiger partial charge in [-0.2, -0.15) is 0 Å². The zero-order valence-corrected chi connectivity index (χ0v) is 15.9. The number of benzene rings is 2. The zero-order chi connectivity index (χ0) is 18.9. The minimum atomic E-state index is -0.350. The van der Waals surface area contributed by atoms with Gasteiger partial charge < -0.3 is 0 Å². The fourth-order valence-electron chi connectivity index (χ4n) is 3.39. The lowest BCUT2D eigenvalue weighted by molar-refractivity contribution is -0.384. The molecule has 2 rings (SSSR count). The molecule has 0 aliphatic heterocycles. The van der Waals surface area contributed by atoms with Gasteiger partial charge in [-0.15, -0.1) is 0 Å². The molecule has 0 aliphatic rings. The predicted molar refractivity (Wildman–Crippen MR) is 108 cm³/mol. The van der Waals surface area contributed by atoms with E-state index in [-0.39, 0.29) is 16.5 Å². The maximum Gasteiger partial charge on any atom is 0.269 e. The summed E-state index contributed by atoms with van der Waals surface area (Å²) in [5, 5.41) is 11.0. The van der Waals surface area contributed by atoms with E-state index >= 15 is 0 Å². The van der Waals surface area contributed by atoms with E-state index in [0.29, 0.717) is 5.92 Å². The lowest BCUT2D eigenvalue weighted by atomic mass is 9.79. The zero-order valence-electron chi connectivity index (χ0n) is 15.9. The van der Waals surface area contributed by atoms with Crippen molar-refractivity contribution in [1.82, 2.24) is 0 Å². The van der Waals surface area contributed by atoms with Gasteiger partial charge in [0.05, 0.1) is 4.92 Å². The molecule has 0 saturated carbocycles. The monoisotopic (exact) mass is 352 g/mol. The number of rotatable bonds is 9. The molecular formula is C22H28N2O2. The molecule has 4 nitrogen and oxygen atoms in total. The van der Waals surface area contributed by atoms with Gasteiger partial charge in [0, 0.05) is 30.3 Å². The molecule has 0 radical (unpaired) electrons. The van der Waals surface area contributed by atoms with Crippen molar-refractivity contribution in [2.45, 2.75) is 46.0 Å². The molecule has 0 fully saturated rings.